The highest BCUT2D eigenvalue weighted by Crippen LogP contribution is 2.24. The molecule has 10 nitrogen and oxygen atoms in total. The lowest BCUT2D eigenvalue weighted by molar-refractivity contribution is -0.145. The van der Waals surface area contributed by atoms with E-state index in [-0.39, 0.29) is 17.9 Å². The minimum absolute atomic E-state index is 0.0325. The van der Waals surface area contributed by atoms with E-state index in [1.807, 2.05) is 43.5 Å². The number of thiazole rings is 1. The van der Waals surface area contributed by atoms with Gasteiger partial charge in [0.25, 0.3) is 5.91 Å². The molecule has 0 saturated heterocycles. The van der Waals surface area contributed by atoms with Gasteiger partial charge in [-0.05, 0) is 48.7 Å². The Balaban J connectivity index is 1.61. The van der Waals surface area contributed by atoms with Gasteiger partial charge in [0.15, 0.2) is 22.3 Å². The monoisotopic (exact) mass is 465 g/mol. The number of amides is 1. The molecular weight excluding hydrogens is 442 g/mol. The van der Waals surface area contributed by atoms with E-state index in [0.717, 1.165) is 16.4 Å². The fourth-order valence-corrected chi connectivity index (χ4v) is 4.06. The van der Waals surface area contributed by atoms with E-state index in [1.54, 1.807) is 28.9 Å². The van der Waals surface area contributed by atoms with Crippen LogP contribution in [0.2, 0.25) is 0 Å². The standard InChI is InChI=1S/C22H23N7O3S/c1-13(2)12-22(23,20(31)32)26-19(30)16-4-3-10-29-17(27-28-18(16)29)14-5-7-15(8-6-14)25-21-24-9-11-33-21/h3-11,13H,12,23H2,1-2H3,(H,24,25)(H,26,30)(H,31,32)/t22-/m0/s1. The fourth-order valence-electron chi connectivity index (χ4n) is 3.51. The first-order valence-corrected chi connectivity index (χ1v) is 11.1. The van der Waals surface area contributed by atoms with Gasteiger partial charge in [-0.1, -0.05) is 13.8 Å². The van der Waals surface area contributed by atoms with Crippen molar-refractivity contribution in [2.45, 2.75) is 25.9 Å². The molecule has 170 valence electrons. The molecule has 33 heavy (non-hydrogen) atoms. The van der Waals surface area contributed by atoms with Crippen LogP contribution in [0, 0.1) is 5.92 Å². The smallest absolute Gasteiger partial charge is 0.344 e. The Morgan fingerprint density at radius 3 is 2.61 bits per heavy atom. The topological polar surface area (TPSA) is 148 Å². The largest absolute Gasteiger partial charge is 0.478 e. The van der Waals surface area contributed by atoms with Crippen molar-refractivity contribution in [2.75, 3.05) is 5.32 Å². The first-order chi connectivity index (χ1) is 15.8. The first kappa shape index (κ1) is 22.4. The van der Waals surface area contributed by atoms with Crippen molar-refractivity contribution in [3.63, 3.8) is 0 Å². The average Bonchev–Trinajstić information content (AvgIpc) is 3.43. The van der Waals surface area contributed by atoms with Gasteiger partial charge in [-0.2, -0.15) is 0 Å². The minimum atomic E-state index is -1.89. The normalized spacial score (nSPS) is 13.1. The van der Waals surface area contributed by atoms with Gasteiger partial charge in [0, 0.05) is 29.0 Å². The van der Waals surface area contributed by atoms with Gasteiger partial charge in [-0.25, -0.2) is 9.78 Å². The summed E-state index contributed by atoms with van der Waals surface area (Å²) in [5.74, 6) is -1.42. The molecule has 0 bridgehead atoms. The first-order valence-electron chi connectivity index (χ1n) is 10.2. The molecule has 0 fully saturated rings. The molecule has 0 aliphatic carbocycles. The molecular formula is C22H23N7O3S. The van der Waals surface area contributed by atoms with Crippen LogP contribution in [0.1, 0.15) is 30.6 Å². The number of aromatic nitrogens is 4. The molecule has 4 aromatic rings. The van der Waals surface area contributed by atoms with Crippen LogP contribution in [0.3, 0.4) is 0 Å². The number of benzene rings is 1. The van der Waals surface area contributed by atoms with E-state index in [9.17, 15) is 14.7 Å². The highest BCUT2D eigenvalue weighted by atomic mass is 32.1. The van der Waals surface area contributed by atoms with Crippen LogP contribution in [0.15, 0.2) is 54.2 Å². The SMILES string of the molecule is CC(C)C[C@](N)(NC(=O)c1cccn2c(-c3ccc(Nc4nccs4)cc3)nnc12)C(=O)O. The second-order valence-electron chi connectivity index (χ2n) is 8.01. The summed E-state index contributed by atoms with van der Waals surface area (Å²) in [5, 5.41) is 26.3. The fraction of sp³-hybridized carbons (Fsp3) is 0.227. The van der Waals surface area contributed by atoms with Crippen molar-refractivity contribution in [1.82, 2.24) is 24.9 Å². The summed E-state index contributed by atoms with van der Waals surface area (Å²) >= 11 is 1.50. The number of aliphatic carboxylic acids is 1. The molecule has 0 spiro atoms. The summed E-state index contributed by atoms with van der Waals surface area (Å²) in [6.07, 6.45) is 3.55. The summed E-state index contributed by atoms with van der Waals surface area (Å²) in [4.78, 5) is 28.9. The molecule has 1 amide bonds. The zero-order valence-electron chi connectivity index (χ0n) is 18.0. The van der Waals surface area contributed by atoms with E-state index in [0.29, 0.717) is 11.5 Å². The van der Waals surface area contributed by atoms with Gasteiger partial charge < -0.3 is 15.7 Å². The second-order valence-corrected chi connectivity index (χ2v) is 8.90. The number of carboxylic acid groups (broad SMARTS) is 1. The Hall–Kier alpha value is -3.83. The highest BCUT2D eigenvalue weighted by Gasteiger charge is 2.37. The number of nitrogens with one attached hydrogen (secondary N) is 2. The van der Waals surface area contributed by atoms with Crippen LogP contribution in [0.25, 0.3) is 17.0 Å². The number of pyridine rings is 1. The molecule has 0 aliphatic heterocycles. The molecule has 0 unspecified atom stereocenters. The molecule has 0 aliphatic rings. The number of rotatable bonds is 8. The number of nitrogens with zero attached hydrogens (tertiary/aromatic N) is 4. The number of carbonyl (C=O) groups excluding carboxylic acids is 1. The van der Waals surface area contributed by atoms with E-state index in [1.165, 1.54) is 11.3 Å². The minimum Gasteiger partial charge on any atom is -0.478 e. The molecule has 4 rings (SSSR count). The summed E-state index contributed by atoms with van der Waals surface area (Å²) in [7, 11) is 0. The molecule has 1 aromatic carbocycles. The van der Waals surface area contributed by atoms with E-state index >= 15 is 0 Å². The molecule has 11 heteroatoms. The Morgan fingerprint density at radius 2 is 1.97 bits per heavy atom. The van der Waals surface area contributed by atoms with E-state index in [2.05, 4.69) is 25.8 Å². The van der Waals surface area contributed by atoms with Gasteiger partial charge in [0.1, 0.15) is 0 Å². The number of fused-ring (bicyclic) bond motifs is 1. The molecule has 0 saturated carbocycles. The lowest BCUT2D eigenvalue weighted by atomic mass is 9.97. The third kappa shape index (κ3) is 4.69. The molecule has 3 aromatic heterocycles. The van der Waals surface area contributed by atoms with Crippen LogP contribution >= 0.6 is 11.3 Å². The Kier molecular flexibility index (Phi) is 6.07. The number of hydrogen-bond donors (Lipinski definition) is 4. The van der Waals surface area contributed by atoms with Crippen LogP contribution in [-0.2, 0) is 4.79 Å². The number of carbonyl (C=O) groups is 2. The van der Waals surface area contributed by atoms with Gasteiger partial charge in [-0.15, -0.1) is 21.5 Å². The van der Waals surface area contributed by atoms with E-state index < -0.39 is 17.5 Å². The number of anilines is 2. The van der Waals surface area contributed by atoms with Gasteiger partial charge in [0.05, 0.1) is 5.56 Å². The van der Waals surface area contributed by atoms with Gasteiger partial charge >= 0.3 is 5.97 Å². The van der Waals surface area contributed by atoms with Crippen molar-refractivity contribution in [3.05, 3.63) is 59.7 Å². The maximum atomic E-state index is 13.0. The molecule has 3 heterocycles. The predicted molar refractivity (Wildman–Crippen MR) is 125 cm³/mol. The lowest BCUT2D eigenvalue weighted by Gasteiger charge is -2.27. The lowest BCUT2D eigenvalue weighted by Crippen LogP contribution is -2.62. The van der Waals surface area contributed by atoms with Gasteiger partial charge in [-0.3, -0.25) is 14.9 Å². The Morgan fingerprint density at radius 1 is 1.21 bits per heavy atom. The van der Waals surface area contributed by atoms with Crippen molar-refractivity contribution in [1.29, 1.82) is 0 Å². The summed E-state index contributed by atoms with van der Waals surface area (Å²) < 4.78 is 1.68. The number of nitrogens with two attached hydrogens (primary N) is 1. The van der Waals surface area contributed by atoms with E-state index in [4.69, 9.17) is 5.73 Å². The quantitative estimate of drug-likeness (QED) is 0.290. The van der Waals surface area contributed by atoms with Crippen molar-refractivity contribution >= 4 is 39.7 Å². The maximum Gasteiger partial charge on any atom is 0.344 e. The second kappa shape index (κ2) is 8.96. The summed E-state index contributed by atoms with van der Waals surface area (Å²) in [6, 6.07) is 10.8. The number of carboxylic acids is 1. The summed E-state index contributed by atoms with van der Waals surface area (Å²) in [5.41, 5.74) is 6.26. The Labute approximate surface area is 193 Å². The molecule has 0 radical (unpaired) electrons. The Bertz CT molecular complexity index is 1290. The van der Waals surface area contributed by atoms with Crippen LogP contribution < -0.4 is 16.4 Å². The van der Waals surface area contributed by atoms with Crippen molar-refractivity contribution in [2.24, 2.45) is 11.7 Å². The van der Waals surface area contributed by atoms with Gasteiger partial charge in [0.2, 0.25) is 0 Å². The maximum absolute atomic E-state index is 13.0. The van der Waals surface area contributed by atoms with Crippen LogP contribution in [-0.4, -0.2) is 42.2 Å². The van der Waals surface area contributed by atoms with Crippen molar-refractivity contribution < 1.29 is 14.7 Å². The number of hydrogen-bond acceptors (Lipinski definition) is 8. The highest BCUT2D eigenvalue weighted by molar-refractivity contribution is 7.13. The molecule has 1 atom stereocenters. The predicted octanol–water partition coefficient (Wildman–Crippen LogP) is 3.11. The average molecular weight is 466 g/mol. The van der Waals surface area contributed by atoms with Crippen molar-refractivity contribution in [3.8, 4) is 11.4 Å². The third-order valence-corrected chi connectivity index (χ3v) is 5.64. The zero-order chi connectivity index (χ0) is 23.6. The third-order valence-electron chi connectivity index (χ3n) is 4.95. The van der Waals surface area contributed by atoms with Crippen LogP contribution in [0.5, 0.6) is 0 Å². The molecule has 5 N–H and O–H groups in total. The van der Waals surface area contributed by atoms with Crippen LogP contribution in [0.4, 0.5) is 10.8 Å². The summed E-state index contributed by atoms with van der Waals surface area (Å²) in [6.45, 7) is 3.67. The zero-order valence-corrected chi connectivity index (χ0v) is 18.8.